The highest BCUT2D eigenvalue weighted by Crippen LogP contribution is 2.32. The minimum atomic E-state index is -2.97. The van der Waals surface area contributed by atoms with E-state index in [1.165, 1.54) is 18.2 Å². The highest BCUT2D eigenvalue weighted by atomic mass is 35.5. The molecule has 0 atom stereocenters. The number of likely N-dealkylation sites (tertiary alicyclic amines) is 1. The maximum atomic E-state index is 12.2. The number of piperidine rings is 1. The number of anilines is 1. The van der Waals surface area contributed by atoms with E-state index >= 15 is 0 Å². The van der Waals surface area contributed by atoms with Crippen LogP contribution in [0.2, 0.25) is 5.02 Å². The van der Waals surface area contributed by atoms with E-state index in [0.717, 1.165) is 12.8 Å². The quantitative estimate of drug-likeness (QED) is 0.812. The number of ether oxygens (including phenoxy) is 1. The molecule has 1 aliphatic carbocycles. The molecule has 3 rings (SSSR count). The molecule has 0 unspecified atom stereocenters. The zero-order chi connectivity index (χ0) is 18.7. The number of amides is 3. The Hall–Kier alpha value is -2.09. The van der Waals surface area contributed by atoms with E-state index in [0.29, 0.717) is 31.6 Å². The SMILES string of the molecule is O=C(Nc1ccc(OC(F)F)c(Cl)c1)NC1CCN(C(=O)C2CC2)CC1. The first-order chi connectivity index (χ1) is 12.4. The standard InChI is InChI=1S/C17H20ClF2N3O3/c18-13-9-12(3-4-14(13)26-16(19)20)22-17(25)21-11-5-7-23(8-6-11)15(24)10-1-2-10/h3-4,9-11,16H,1-2,5-8H2,(H2,21,22,25). The number of hydrogen-bond acceptors (Lipinski definition) is 3. The molecule has 26 heavy (non-hydrogen) atoms. The molecular weight excluding hydrogens is 368 g/mol. The summed E-state index contributed by atoms with van der Waals surface area (Å²) in [6, 6.07) is 3.62. The van der Waals surface area contributed by atoms with Gasteiger partial charge < -0.3 is 20.3 Å². The molecule has 0 bridgehead atoms. The topological polar surface area (TPSA) is 70.7 Å². The van der Waals surface area contributed by atoms with Gasteiger partial charge in [-0.1, -0.05) is 11.6 Å². The molecule has 0 spiro atoms. The maximum Gasteiger partial charge on any atom is 0.387 e. The van der Waals surface area contributed by atoms with Gasteiger partial charge >= 0.3 is 12.6 Å². The zero-order valence-electron chi connectivity index (χ0n) is 14.0. The van der Waals surface area contributed by atoms with Crippen molar-refractivity contribution in [3.05, 3.63) is 23.2 Å². The Morgan fingerprint density at radius 2 is 1.88 bits per heavy atom. The van der Waals surface area contributed by atoms with Crippen molar-refractivity contribution in [3.8, 4) is 5.75 Å². The second-order valence-corrected chi connectivity index (χ2v) is 6.90. The molecule has 1 aromatic rings. The van der Waals surface area contributed by atoms with Gasteiger partial charge in [-0.25, -0.2) is 4.79 Å². The minimum Gasteiger partial charge on any atom is -0.433 e. The summed E-state index contributed by atoms with van der Waals surface area (Å²) in [6.45, 7) is -1.68. The van der Waals surface area contributed by atoms with Gasteiger partial charge in [0, 0.05) is 30.7 Å². The molecular formula is C17H20ClF2N3O3. The van der Waals surface area contributed by atoms with E-state index < -0.39 is 12.6 Å². The van der Waals surface area contributed by atoms with Crippen LogP contribution in [0.5, 0.6) is 5.75 Å². The second kappa shape index (κ2) is 8.07. The van der Waals surface area contributed by atoms with Crippen molar-refractivity contribution in [2.24, 2.45) is 5.92 Å². The first-order valence-corrected chi connectivity index (χ1v) is 8.91. The molecule has 0 aromatic heterocycles. The van der Waals surface area contributed by atoms with Crippen LogP contribution in [0.15, 0.2) is 18.2 Å². The molecule has 2 N–H and O–H groups in total. The maximum absolute atomic E-state index is 12.2. The van der Waals surface area contributed by atoms with Gasteiger partial charge in [-0.05, 0) is 43.9 Å². The smallest absolute Gasteiger partial charge is 0.387 e. The lowest BCUT2D eigenvalue weighted by molar-refractivity contribution is -0.133. The van der Waals surface area contributed by atoms with Crippen molar-refractivity contribution in [1.29, 1.82) is 0 Å². The third kappa shape index (κ3) is 4.97. The fourth-order valence-corrected chi connectivity index (χ4v) is 3.18. The number of carbonyl (C=O) groups is 2. The molecule has 1 aliphatic heterocycles. The second-order valence-electron chi connectivity index (χ2n) is 6.50. The van der Waals surface area contributed by atoms with Crippen molar-refractivity contribution < 1.29 is 23.1 Å². The number of carbonyl (C=O) groups excluding carboxylic acids is 2. The molecule has 2 fully saturated rings. The Labute approximate surface area is 154 Å². The fourth-order valence-electron chi connectivity index (χ4n) is 2.96. The van der Waals surface area contributed by atoms with Crippen molar-refractivity contribution in [2.45, 2.75) is 38.3 Å². The van der Waals surface area contributed by atoms with Gasteiger partial charge in [0.2, 0.25) is 5.91 Å². The normalized spacial score (nSPS) is 17.9. The number of halogens is 3. The number of alkyl halides is 2. The van der Waals surface area contributed by atoms with Crippen LogP contribution in [0.4, 0.5) is 19.3 Å². The minimum absolute atomic E-state index is 0.0184. The molecule has 3 amide bonds. The molecule has 9 heteroatoms. The number of hydrogen-bond donors (Lipinski definition) is 2. The van der Waals surface area contributed by atoms with Crippen LogP contribution in [0.3, 0.4) is 0 Å². The van der Waals surface area contributed by atoms with Crippen molar-refractivity contribution >= 4 is 29.2 Å². The van der Waals surface area contributed by atoms with Crippen LogP contribution >= 0.6 is 11.6 Å². The lowest BCUT2D eigenvalue weighted by Gasteiger charge is -2.32. The van der Waals surface area contributed by atoms with E-state index in [4.69, 9.17) is 11.6 Å². The number of rotatable bonds is 5. The molecule has 1 heterocycles. The summed E-state index contributed by atoms with van der Waals surface area (Å²) in [4.78, 5) is 26.0. The van der Waals surface area contributed by atoms with Crippen LogP contribution < -0.4 is 15.4 Å². The summed E-state index contributed by atoms with van der Waals surface area (Å²) < 4.78 is 28.7. The van der Waals surface area contributed by atoms with Crippen molar-refractivity contribution in [2.75, 3.05) is 18.4 Å². The Bertz CT molecular complexity index is 677. The molecule has 6 nitrogen and oxygen atoms in total. The monoisotopic (exact) mass is 387 g/mol. The van der Waals surface area contributed by atoms with Crippen LogP contribution in [0.1, 0.15) is 25.7 Å². The van der Waals surface area contributed by atoms with Crippen LogP contribution in [-0.2, 0) is 4.79 Å². The summed E-state index contributed by atoms with van der Waals surface area (Å²) >= 11 is 5.86. The van der Waals surface area contributed by atoms with Gasteiger partial charge in [-0.3, -0.25) is 4.79 Å². The average Bonchev–Trinajstić information content (AvgIpc) is 3.42. The lowest BCUT2D eigenvalue weighted by atomic mass is 10.0. The molecule has 142 valence electrons. The van der Waals surface area contributed by atoms with Crippen LogP contribution in [0.25, 0.3) is 0 Å². The van der Waals surface area contributed by atoms with E-state index in [-0.39, 0.29) is 28.6 Å². The molecule has 2 aliphatic rings. The first kappa shape index (κ1) is 18.7. The number of nitrogens with zero attached hydrogens (tertiary/aromatic N) is 1. The molecule has 1 saturated carbocycles. The van der Waals surface area contributed by atoms with Gasteiger partial charge in [0.1, 0.15) is 5.75 Å². The largest absolute Gasteiger partial charge is 0.433 e. The van der Waals surface area contributed by atoms with Crippen molar-refractivity contribution in [3.63, 3.8) is 0 Å². The Balaban J connectivity index is 1.45. The number of urea groups is 1. The van der Waals surface area contributed by atoms with Crippen LogP contribution in [0, 0.1) is 5.92 Å². The summed E-state index contributed by atoms with van der Waals surface area (Å²) in [5, 5.41) is 5.45. The predicted octanol–water partition coefficient (Wildman–Crippen LogP) is 3.46. The predicted molar refractivity (Wildman–Crippen MR) is 92.6 cm³/mol. The third-order valence-electron chi connectivity index (χ3n) is 4.47. The molecule has 0 radical (unpaired) electrons. The highest BCUT2D eigenvalue weighted by Gasteiger charge is 2.35. The zero-order valence-corrected chi connectivity index (χ0v) is 14.8. The average molecular weight is 388 g/mol. The first-order valence-electron chi connectivity index (χ1n) is 8.53. The van der Waals surface area contributed by atoms with Crippen LogP contribution in [-0.4, -0.2) is 42.6 Å². The third-order valence-corrected chi connectivity index (χ3v) is 4.77. The lowest BCUT2D eigenvalue weighted by Crippen LogP contribution is -2.47. The van der Waals surface area contributed by atoms with Gasteiger partial charge in [0.15, 0.2) is 0 Å². The van der Waals surface area contributed by atoms with E-state index in [1.54, 1.807) is 0 Å². The fraction of sp³-hybridized carbons (Fsp3) is 0.529. The van der Waals surface area contributed by atoms with Gasteiger partial charge in [0.05, 0.1) is 5.02 Å². The van der Waals surface area contributed by atoms with E-state index in [1.807, 2.05) is 4.90 Å². The Morgan fingerprint density at radius 3 is 2.46 bits per heavy atom. The Morgan fingerprint density at radius 1 is 1.19 bits per heavy atom. The highest BCUT2D eigenvalue weighted by molar-refractivity contribution is 6.32. The van der Waals surface area contributed by atoms with E-state index in [9.17, 15) is 18.4 Å². The molecule has 1 saturated heterocycles. The Kier molecular flexibility index (Phi) is 5.80. The summed E-state index contributed by atoms with van der Waals surface area (Å²) in [5.41, 5.74) is 0.371. The number of nitrogens with one attached hydrogen (secondary N) is 2. The summed E-state index contributed by atoms with van der Waals surface area (Å²) in [6.07, 6.45) is 3.38. The summed E-state index contributed by atoms with van der Waals surface area (Å²) in [7, 11) is 0. The number of benzene rings is 1. The van der Waals surface area contributed by atoms with E-state index in [2.05, 4.69) is 15.4 Å². The van der Waals surface area contributed by atoms with Gasteiger partial charge in [0.25, 0.3) is 0 Å². The summed E-state index contributed by atoms with van der Waals surface area (Å²) in [5.74, 6) is 0.290. The van der Waals surface area contributed by atoms with Gasteiger partial charge in [-0.2, -0.15) is 8.78 Å². The molecule has 1 aromatic carbocycles. The van der Waals surface area contributed by atoms with Gasteiger partial charge in [-0.15, -0.1) is 0 Å². The van der Waals surface area contributed by atoms with Crippen molar-refractivity contribution in [1.82, 2.24) is 10.2 Å².